The number of amides is 8. The molecule has 9 atom stereocenters. The fraction of sp³-hybridized carbons (Fsp3) is 0.373. The number of H-pyrrole nitrogens is 1. The Morgan fingerprint density at radius 3 is 2.12 bits per heavy atom. The van der Waals surface area contributed by atoms with E-state index in [-0.39, 0.29) is 50.2 Å². The highest BCUT2D eigenvalue weighted by Gasteiger charge is 2.38. The van der Waals surface area contributed by atoms with Gasteiger partial charge in [-0.15, -0.1) is 0 Å². The van der Waals surface area contributed by atoms with Crippen molar-refractivity contribution >= 4 is 102 Å². The van der Waals surface area contributed by atoms with Crippen LogP contribution in [0.25, 0.3) is 21.7 Å². The van der Waals surface area contributed by atoms with Crippen LogP contribution in [0.15, 0.2) is 122 Å². The van der Waals surface area contributed by atoms with Crippen molar-refractivity contribution in [3.63, 3.8) is 0 Å². The third kappa shape index (κ3) is 17.7. The predicted octanol–water partition coefficient (Wildman–Crippen LogP) is 2.35. The molecule has 1 aliphatic rings. The van der Waals surface area contributed by atoms with Gasteiger partial charge in [-0.1, -0.05) is 112 Å². The predicted molar refractivity (Wildman–Crippen MR) is 322 cm³/mol. The molecule has 24 heteroatoms. The Kier molecular flexibility index (Phi) is 23.3. The second-order valence-electron chi connectivity index (χ2n) is 20.4. The van der Waals surface area contributed by atoms with E-state index in [1.165, 1.54) is 32.1 Å². The summed E-state index contributed by atoms with van der Waals surface area (Å²) < 4.78 is 0. The number of aliphatic hydroxyl groups excluding tert-OH is 1. The summed E-state index contributed by atoms with van der Waals surface area (Å²) in [7, 11) is 4.94. The Morgan fingerprint density at radius 1 is 0.747 bits per heavy atom. The summed E-state index contributed by atoms with van der Waals surface area (Å²) in [5.41, 5.74) is 15.8. The van der Waals surface area contributed by atoms with Crippen LogP contribution in [0.5, 0.6) is 0 Å². The maximum Gasteiger partial charge on any atom is 0.245 e. The van der Waals surface area contributed by atoms with Gasteiger partial charge in [-0.05, 0) is 96.4 Å². The quantitative estimate of drug-likeness (QED) is 0.0435. The largest absolute Gasteiger partial charge is 0.391 e. The molecule has 4 aromatic carbocycles. The van der Waals surface area contributed by atoms with Crippen molar-refractivity contribution in [1.29, 1.82) is 0 Å². The lowest BCUT2D eigenvalue weighted by Gasteiger charge is -2.31. The number of rotatable bonds is 18. The highest BCUT2D eigenvalue weighted by molar-refractivity contribution is 8.76. The van der Waals surface area contributed by atoms with Crippen molar-refractivity contribution in [3.8, 4) is 0 Å². The molecule has 1 saturated heterocycles. The van der Waals surface area contributed by atoms with Crippen LogP contribution in [0, 0.1) is 0 Å². The molecule has 1 fully saturated rings. The first-order chi connectivity index (χ1) is 39.9. The van der Waals surface area contributed by atoms with E-state index in [9.17, 15) is 38.7 Å². The lowest BCUT2D eigenvalue weighted by molar-refractivity contribution is -0.140. The summed E-state index contributed by atoms with van der Waals surface area (Å²) in [4.78, 5) is 125. The number of carbonyl (C=O) groups is 8. The lowest BCUT2D eigenvalue weighted by atomic mass is 10.0. The number of hydrogen-bond acceptors (Lipinski definition) is 14. The van der Waals surface area contributed by atoms with Crippen LogP contribution >= 0.6 is 33.2 Å². The Balaban J connectivity index is 1.27. The molecule has 0 bridgehead atoms. The second kappa shape index (κ2) is 30.7. The molecular weight excluding hydrogens is 1120 g/mol. The number of nitrogens with zero attached hydrogens (tertiary/aromatic N) is 2. The highest BCUT2D eigenvalue weighted by atomic mass is 35.5. The van der Waals surface area contributed by atoms with Gasteiger partial charge in [0.15, 0.2) is 0 Å². The molecule has 83 heavy (non-hydrogen) atoms. The summed E-state index contributed by atoms with van der Waals surface area (Å²) in [5, 5.41) is 33.5. The number of aromatic amines is 1. The van der Waals surface area contributed by atoms with Gasteiger partial charge in [-0.25, -0.2) is 0 Å². The SMILES string of the molecule is CNC(=O)[C@H](Cc1ccc2ccccc2c1)NC(=O)[C@@H]1CSSC[C@@H](N(C)C(=O)[C@@H](N)Cc2ccc(Cl)cc2)C(=O)N[C@@H](Cc2cccnc2)C(=O)N[C@H](Cc2c[nH]c3ccccc23)C(=O)N[C@@H](CCCCN)C(=O)N[C@@H]([C@@H](C)O)C(=O)N1. The number of hydrogen-bond donors (Lipinski definition) is 11. The van der Waals surface area contributed by atoms with Crippen molar-refractivity contribution in [2.75, 3.05) is 32.1 Å². The van der Waals surface area contributed by atoms with Gasteiger partial charge in [-0.3, -0.25) is 43.3 Å². The normalized spacial score (nSPS) is 20.8. The summed E-state index contributed by atoms with van der Waals surface area (Å²) in [5.74, 6) is -6.53. The maximum atomic E-state index is 15.0. The molecule has 6 aromatic rings. The Bertz CT molecular complexity index is 3230. The molecule has 1 aliphatic heterocycles. The third-order valence-electron chi connectivity index (χ3n) is 14.3. The number of carbonyl (C=O) groups excluding carboxylic acids is 8. The van der Waals surface area contributed by atoms with Gasteiger partial charge in [-0.2, -0.15) is 0 Å². The van der Waals surface area contributed by atoms with Crippen LogP contribution in [0.4, 0.5) is 0 Å². The number of likely N-dealkylation sites (N-methyl/N-ethyl adjacent to an activating group) is 2. The molecule has 3 heterocycles. The number of nitrogens with one attached hydrogen (secondary N) is 8. The van der Waals surface area contributed by atoms with Crippen molar-refractivity contribution in [2.24, 2.45) is 11.5 Å². The van der Waals surface area contributed by atoms with Gasteiger partial charge in [0.25, 0.3) is 0 Å². The van der Waals surface area contributed by atoms with Gasteiger partial charge in [0.2, 0.25) is 47.3 Å². The summed E-state index contributed by atoms with van der Waals surface area (Å²) in [6.07, 6.45) is 3.95. The molecule has 7 rings (SSSR count). The highest BCUT2D eigenvalue weighted by Crippen LogP contribution is 2.26. The zero-order valence-corrected chi connectivity index (χ0v) is 48.7. The topological polar surface area (TPSA) is 325 Å². The van der Waals surface area contributed by atoms with Crippen molar-refractivity contribution in [1.82, 2.24) is 52.1 Å². The van der Waals surface area contributed by atoms with Gasteiger partial charge in [0.05, 0.1) is 12.1 Å². The fourth-order valence-electron chi connectivity index (χ4n) is 9.60. The van der Waals surface area contributed by atoms with Crippen LogP contribution in [0.2, 0.25) is 5.02 Å². The zero-order chi connectivity index (χ0) is 59.6. The number of aromatic nitrogens is 2. The first kappa shape index (κ1) is 63.0. The minimum Gasteiger partial charge on any atom is -0.391 e. The van der Waals surface area contributed by atoms with Crippen molar-refractivity contribution < 1.29 is 43.5 Å². The molecule has 0 spiro atoms. The number of para-hydroxylation sites is 1. The zero-order valence-electron chi connectivity index (χ0n) is 46.3. The molecule has 0 unspecified atom stereocenters. The average molecular weight is 1190 g/mol. The number of halogens is 1. The first-order valence-electron chi connectivity index (χ1n) is 27.3. The molecular formula is C59H71ClN12O9S2. The molecule has 13 N–H and O–H groups in total. The Morgan fingerprint density at radius 2 is 1.41 bits per heavy atom. The number of benzene rings is 4. The van der Waals surface area contributed by atoms with Crippen LogP contribution < -0.4 is 48.7 Å². The standard InChI is InChI=1S/C59H71ClN12O9S2/c1-34(73)51-58(80)70-49(56(78)67-46(52(74)63-2)27-36-17-20-38-12-4-5-13-39(38)25-36)32-82-83-33-50(72(3)59(81)43(62)26-35-18-21-41(60)22-19-35)57(79)69-47(28-37-11-10-24-64-30-37)54(76)68-48(29-40-31-65-44-15-7-6-14-42(40)44)55(77)66-45(53(75)71-51)16-8-9-23-61/h4-7,10-15,17-22,24-25,30-31,34,43,45-51,65,73H,8-9,16,23,26-29,32-33,61-62H2,1-3H3,(H,63,74)(H,66,77)(H,67,78)(H,68,76)(H,69,79)(H,70,80)(H,71,75)/t34-,43+,45+,46+,47+,48-,49+,50-,51+/m1/s1. The van der Waals surface area contributed by atoms with Gasteiger partial charge in [0, 0.05) is 79.4 Å². The molecule has 2 aromatic heterocycles. The van der Waals surface area contributed by atoms with E-state index in [2.05, 4.69) is 47.2 Å². The molecule has 440 valence electrons. The fourth-order valence-corrected chi connectivity index (χ4v) is 12.2. The first-order valence-corrected chi connectivity index (χ1v) is 30.1. The molecule has 0 aliphatic carbocycles. The number of fused-ring (bicyclic) bond motifs is 2. The van der Waals surface area contributed by atoms with E-state index in [4.69, 9.17) is 23.1 Å². The smallest absolute Gasteiger partial charge is 0.245 e. The number of nitrogens with two attached hydrogens (primary N) is 2. The maximum absolute atomic E-state index is 15.0. The van der Waals surface area contributed by atoms with Crippen molar-refractivity contribution in [3.05, 3.63) is 149 Å². The number of aliphatic hydroxyl groups is 1. The minimum atomic E-state index is -1.69. The van der Waals surface area contributed by atoms with Crippen LogP contribution in [0.1, 0.15) is 48.4 Å². The van der Waals surface area contributed by atoms with Crippen LogP contribution in [0.3, 0.4) is 0 Å². The van der Waals surface area contributed by atoms with E-state index in [0.29, 0.717) is 34.6 Å². The van der Waals surface area contributed by atoms with Crippen molar-refractivity contribution in [2.45, 2.75) is 106 Å². The minimum absolute atomic E-state index is 0.0182. The molecule has 21 nitrogen and oxygen atoms in total. The van der Waals surface area contributed by atoms with E-state index in [1.807, 2.05) is 66.7 Å². The Hall–Kier alpha value is -7.54. The van der Waals surface area contributed by atoms with Crippen LogP contribution in [-0.2, 0) is 64.0 Å². The van der Waals surface area contributed by atoms with Gasteiger partial charge < -0.3 is 63.7 Å². The molecule has 8 amide bonds. The van der Waals surface area contributed by atoms with Gasteiger partial charge >= 0.3 is 0 Å². The van der Waals surface area contributed by atoms with E-state index < -0.39 is 102 Å². The third-order valence-corrected chi connectivity index (χ3v) is 16.9. The van der Waals surface area contributed by atoms with Gasteiger partial charge in [0.1, 0.15) is 42.3 Å². The summed E-state index contributed by atoms with van der Waals surface area (Å²) in [6, 6.07) is 19.9. The lowest BCUT2D eigenvalue weighted by Crippen LogP contribution is -2.62. The number of unbranched alkanes of at least 4 members (excludes halogenated alkanes) is 1. The molecule has 0 saturated carbocycles. The van der Waals surface area contributed by atoms with E-state index in [1.54, 1.807) is 48.8 Å². The Labute approximate surface area is 494 Å². The monoisotopic (exact) mass is 1190 g/mol. The van der Waals surface area contributed by atoms with Crippen LogP contribution in [-0.4, -0.2) is 154 Å². The van der Waals surface area contributed by atoms with E-state index in [0.717, 1.165) is 48.8 Å². The second-order valence-corrected chi connectivity index (χ2v) is 23.4. The molecule has 0 radical (unpaired) electrons. The summed E-state index contributed by atoms with van der Waals surface area (Å²) in [6.45, 7) is 1.53. The summed E-state index contributed by atoms with van der Waals surface area (Å²) >= 11 is 6.14. The average Bonchev–Trinajstić information content (AvgIpc) is 4.17. The van der Waals surface area contributed by atoms with E-state index >= 15 is 4.79 Å². The number of pyridine rings is 1.